The van der Waals surface area contributed by atoms with Crippen molar-refractivity contribution in [3.05, 3.63) is 48.0 Å². The van der Waals surface area contributed by atoms with Gasteiger partial charge in [0, 0.05) is 10.9 Å². The number of aromatic nitrogens is 1. The monoisotopic (exact) mass is 418 g/mol. The number of azo groups is 1. The first-order valence-corrected chi connectivity index (χ1v) is 9.44. The third-order valence-corrected chi connectivity index (χ3v) is 4.63. The molecule has 2 aromatic carbocycles. The highest BCUT2D eigenvalue weighted by Gasteiger charge is 2.17. The molecule has 1 aliphatic rings. The first kappa shape index (κ1) is 20.0. The van der Waals surface area contributed by atoms with E-state index >= 15 is 0 Å². The van der Waals surface area contributed by atoms with Gasteiger partial charge in [-0.1, -0.05) is 24.1 Å². The zero-order chi connectivity index (χ0) is 21.8. The van der Waals surface area contributed by atoms with Gasteiger partial charge in [-0.15, -0.1) is 16.7 Å². The van der Waals surface area contributed by atoms with Crippen molar-refractivity contribution in [2.45, 2.75) is 6.54 Å². The lowest BCUT2D eigenvalue weighted by molar-refractivity contribution is -0.117. The topological polar surface area (TPSA) is 115 Å². The molecule has 0 aliphatic carbocycles. The number of terminal acetylenes is 1. The molecule has 2 amide bonds. The van der Waals surface area contributed by atoms with Crippen LogP contribution in [0.2, 0.25) is 0 Å². The third kappa shape index (κ3) is 4.04. The van der Waals surface area contributed by atoms with E-state index < -0.39 is 11.8 Å². The number of ether oxygens (including phenoxy) is 2. The zero-order valence-electron chi connectivity index (χ0n) is 16.4. The summed E-state index contributed by atoms with van der Waals surface area (Å²) in [5, 5.41) is 21.0. The first-order valence-electron chi connectivity index (χ1n) is 9.44. The highest BCUT2D eigenvalue weighted by atomic mass is 16.6. The van der Waals surface area contributed by atoms with Crippen LogP contribution in [0.5, 0.6) is 17.4 Å². The first-order chi connectivity index (χ1) is 15.1. The van der Waals surface area contributed by atoms with E-state index in [2.05, 4.69) is 21.5 Å². The van der Waals surface area contributed by atoms with Gasteiger partial charge in [0.2, 0.25) is 5.88 Å². The van der Waals surface area contributed by atoms with Crippen LogP contribution in [0.4, 0.5) is 5.69 Å². The standard InChI is InChI=1S/C22H18N4O5/c1-2-9-26-16-6-4-3-5-15(16)20(22(26)29)25-24-19(27)13-23-21(28)14-7-8-17-18(12-14)31-11-10-30-17/h1,3-8,12,29H,9-11,13H2,(H,23,28). The minimum Gasteiger partial charge on any atom is -0.493 e. The van der Waals surface area contributed by atoms with Gasteiger partial charge < -0.3 is 19.9 Å². The number of fused-ring (bicyclic) bond motifs is 2. The Morgan fingerprint density at radius 2 is 1.94 bits per heavy atom. The lowest BCUT2D eigenvalue weighted by Gasteiger charge is -2.18. The number of carbonyl (C=O) groups excluding carboxylic acids is 2. The molecule has 156 valence electrons. The van der Waals surface area contributed by atoms with E-state index in [1.165, 1.54) is 4.57 Å². The van der Waals surface area contributed by atoms with Gasteiger partial charge >= 0.3 is 0 Å². The largest absolute Gasteiger partial charge is 0.493 e. The number of nitrogens with one attached hydrogen (secondary N) is 1. The smallest absolute Gasteiger partial charge is 0.283 e. The fraction of sp³-hybridized carbons (Fsp3) is 0.182. The molecular formula is C22H18N4O5. The summed E-state index contributed by atoms with van der Waals surface area (Å²) in [7, 11) is 0. The van der Waals surface area contributed by atoms with Crippen molar-refractivity contribution in [3.63, 3.8) is 0 Å². The predicted molar refractivity (Wildman–Crippen MR) is 112 cm³/mol. The summed E-state index contributed by atoms with van der Waals surface area (Å²) in [5.74, 6) is 2.17. The van der Waals surface area contributed by atoms with Crippen molar-refractivity contribution < 1.29 is 24.2 Å². The summed E-state index contributed by atoms with van der Waals surface area (Å²) in [6.45, 7) is 0.637. The van der Waals surface area contributed by atoms with E-state index in [1.54, 1.807) is 42.5 Å². The van der Waals surface area contributed by atoms with Crippen molar-refractivity contribution in [2.24, 2.45) is 10.2 Å². The molecule has 0 saturated heterocycles. The van der Waals surface area contributed by atoms with E-state index in [0.29, 0.717) is 41.2 Å². The second-order valence-corrected chi connectivity index (χ2v) is 6.61. The molecule has 1 aromatic heterocycles. The summed E-state index contributed by atoms with van der Waals surface area (Å²) < 4.78 is 12.4. The Morgan fingerprint density at radius 3 is 2.74 bits per heavy atom. The highest BCUT2D eigenvalue weighted by Crippen LogP contribution is 2.38. The van der Waals surface area contributed by atoms with Crippen molar-refractivity contribution in [1.29, 1.82) is 0 Å². The number of hydrogen-bond acceptors (Lipinski definition) is 6. The Balaban J connectivity index is 1.44. The maximum Gasteiger partial charge on any atom is 0.283 e. The number of carbonyl (C=O) groups is 2. The molecule has 9 nitrogen and oxygen atoms in total. The van der Waals surface area contributed by atoms with Crippen LogP contribution in [-0.4, -0.2) is 41.2 Å². The molecule has 2 N–H and O–H groups in total. The van der Waals surface area contributed by atoms with Crippen LogP contribution in [0.25, 0.3) is 10.9 Å². The lowest BCUT2D eigenvalue weighted by atomic mass is 10.2. The summed E-state index contributed by atoms with van der Waals surface area (Å²) in [6, 6.07) is 11.9. The highest BCUT2D eigenvalue weighted by molar-refractivity contribution is 5.97. The van der Waals surface area contributed by atoms with Crippen molar-refractivity contribution in [3.8, 4) is 29.7 Å². The SMILES string of the molecule is C#CCn1c(O)c(N=NC(=O)CNC(=O)c2ccc3c(c2)OCCO3)c2ccccc21. The molecule has 2 heterocycles. The minimum absolute atomic E-state index is 0.136. The van der Waals surface area contributed by atoms with E-state index in [0.717, 1.165) is 0 Å². The Kier molecular flexibility index (Phi) is 5.53. The minimum atomic E-state index is -0.681. The quantitative estimate of drug-likeness (QED) is 0.488. The van der Waals surface area contributed by atoms with Gasteiger partial charge in [0.25, 0.3) is 11.8 Å². The van der Waals surface area contributed by atoms with Crippen LogP contribution in [-0.2, 0) is 11.3 Å². The van der Waals surface area contributed by atoms with Crippen LogP contribution in [0, 0.1) is 12.3 Å². The molecule has 4 rings (SSSR count). The number of aromatic hydroxyl groups is 1. The van der Waals surface area contributed by atoms with E-state index in [-0.39, 0.29) is 24.7 Å². The molecule has 0 fully saturated rings. The molecule has 3 aromatic rings. The van der Waals surface area contributed by atoms with Gasteiger partial charge in [-0.2, -0.15) is 0 Å². The molecule has 9 heteroatoms. The van der Waals surface area contributed by atoms with Gasteiger partial charge in [-0.25, -0.2) is 0 Å². The fourth-order valence-electron chi connectivity index (χ4n) is 3.21. The molecule has 0 bridgehead atoms. The molecule has 0 spiro atoms. The second-order valence-electron chi connectivity index (χ2n) is 6.61. The van der Waals surface area contributed by atoms with Crippen LogP contribution in [0.3, 0.4) is 0 Å². The Morgan fingerprint density at radius 1 is 1.16 bits per heavy atom. The van der Waals surface area contributed by atoms with Gasteiger partial charge in [0.05, 0.1) is 12.1 Å². The molecule has 0 atom stereocenters. The van der Waals surface area contributed by atoms with Crippen molar-refractivity contribution in [1.82, 2.24) is 9.88 Å². The molecule has 0 saturated carbocycles. The molecular weight excluding hydrogens is 400 g/mol. The average molecular weight is 418 g/mol. The van der Waals surface area contributed by atoms with Crippen LogP contribution >= 0.6 is 0 Å². The van der Waals surface area contributed by atoms with E-state index in [1.807, 2.05) is 0 Å². The number of para-hydroxylation sites is 1. The van der Waals surface area contributed by atoms with Crippen LogP contribution < -0.4 is 14.8 Å². The summed E-state index contributed by atoms with van der Waals surface area (Å²) in [5.41, 5.74) is 1.13. The number of hydrogen-bond donors (Lipinski definition) is 2. The van der Waals surface area contributed by atoms with Crippen molar-refractivity contribution in [2.75, 3.05) is 19.8 Å². The Bertz CT molecular complexity index is 1240. The second kappa shape index (κ2) is 8.59. The fourth-order valence-corrected chi connectivity index (χ4v) is 3.21. The zero-order valence-corrected chi connectivity index (χ0v) is 16.4. The Labute approximate surface area is 177 Å². The number of benzene rings is 2. The average Bonchev–Trinajstić information content (AvgIpc) is 3.07. The number of amides is 2. The Hall–Kier alpha value is -4.32. The summed E-state index contributed by atoms with van der Waals surface area (Å²) in [6.07, 6.45) is 5.36. The van der Waals surface area contributed by atoms with E-state index in [9.17, 15) is 14.7 Å². The third-order valence-electron chi connectivity index (χ3n) is 4.63. The van der Waals surface area contributed by atoms with Gasteiger partial charge in [-0.05, 0) is 24.3 Å². The normalized spacial score (nSPS) is 12.6. The number of nitrogens with zero attached hydrogens (tertiary/aromatic N) is 3. The summed E-state index contributed by atoms with van der Waals surface area (Å²) >= 11 is 0. The molecule has 31 heavy (non-hydrogen) atoms. The van der Waals surface area contributed by atoms with Crippen LogP contribution in [0.1, 0.15) is 10.4 Å². The van der Waals surface area contributed by atoms with Crippen LogP contribution in [0.15, 0.2) is 52.7 Å². The summed E-state index contributed by atoms with van der Waals surface area (Å²) in [4.78, 5) is 24.4. The molecule has 0 unspecified atom stereocenters. The van der Waals surface area contributed by atoms with Crippen molar-refractivity contribution >= 4 is 28.4 Å². The molecule has 1 aliphatic heterocycles. The lowest BCUT2D eigenvalue weighted by Crippen LogP contribution is -2.28. The maximum atomic E-state index is 12.3. The maximum absolute atomic E-state index is 12.3. The van der Waals surface area contributed by atoms with Gasteiger partial charge in [0.15, 0.2) is 17.2 Å². The predicted octanol–water partition coefficient (Wildman–Crippen LogP) is 2.79. The molecule has 0 radical (unpaired) electrons. The number of rotatable bonds is 5. The van der Waals surface area contributed by atoms with E-state index in [4.69, 9.17) is 15.9 Å². The van der Waals surface area contributed by atoms with Gasteiger partial charge in [0.1, 0.15) is 19.8 Å². The van der Waals surface area contributed by atoms with Gasteiger partial charge in [-0.3, -0.25) is 14.2 Å².